The first kappa shape index (κ1) is 21.1. The lowest BCUT2D eigenvalue weighted by atomic mass is 9.85. The highest BCUT2D eigenvalue weighted by molar-refractivity contribution is 6.30. The molecule has 0 aromatic heterocycles. The van der Waals surface area contributed by atoms with Gasteiger partial charge in [0.05, 0.1) is 0 Å². The zero-order valence-corrected chi connectivity index (χ0v) is 17.3. The van der Waals surface area contributed by atoms with Crippen molar-refractivity contribution in [2.45, 2.75) is 26.7 Å². The van der Waals surface area contributed by atoms with Gasteiger partial charge in [-0.05, 0) is 73.7 Å². The van der Waals surface area contributed by atoms with Crippen LogP contribution in [-0.2, 0) is 4.79 Å². The Bertz CT molecular complexity index is 880. The quantitative estimate of drug-likeness (QED) is 0.708. The molecule has 29 heavy (non-hydrogen) atoms. The summed E-state index contributed by atoms with van der Waals surface area (Å²) in [6.45, 7) is 4.86. The fraction of sp³-hybridized carbons (Fsp3) is 0.364. The molecule has 2 aromatic rings. The van der Waals surface area contributed by atoms with Crippen LogP contribution in [0.1, 0.15) is 25.3 Å². The van der Waals surface area contributed by atoms with Crippen molar-refractivity contribution in [2.24, 2.45) is 11.8 Å². The third kappa shape index (κ3) is 5.48. The second-order valence-electron chi connectivity index (χ2n) is 7.50. The Hall–Kier alpha value is -2.60. The maximum Gasteiger partial charge on any atom is 0.321 e. The molecule has 5 nitrogen and oxygen atoms in total. The number of anilines is 2. The summed E-state index contributed by atoms with van der Waals surface area (Å²) in [5.74, 6) is -0.405. The zero-order valence-electron chi connectivity index (χ0n) is 16.5. The summed E-state index contributed by atoms with van der Waals surface area (Å²) in [5.41, 5.74) is 2.02. The van der Waals surface area contributed by atoms with E-state index in [-0.39, 0.29) is 29.6 Å². The summed E-state index contributed by atoms with van der Waals surface area (Å²) < 4.78 is 13.2. The van der Waals surface area contributed by atoms with E-state index >= 15 is 0 Å². The second kappa shape index (κ2) is 9.27. The Morgan fingerprint density at radius 3 is 2.38 bits per heavy atom. The highest BCUT2D eigenvalue weighted by Crippen LogP contribution is 2.27. The third-order valence-corrected chi connectivity index (χ3v) is 5.74. The molecule has 3 rings (SSSR count). The molecular formula is C22H25ClFN3O2. The van der Waals surface area contributed by atoms with Gasteiger partial charge >= 0.3 is 6.03 Å². The van der Waals surface area contributed by atoms with Gasteiger partial charge in [-0.2, -0.15) is 0 Å². The highest BCUT2D eigenvalue weighted by atomic mass is 35.5. The predicted molar refractivity (Wildman–Crippen MR) is 114 cm³/mol. The van der Waals surface area contributed by atoms with Crippen LogP contribution >= 0.6 is 11.6 Å². The number of halogens is 2. The number of nitrogens with zero attached hydrogens (tertiary/aromatic N) is 1. The molecule has 2 aromatic carbocycles. The Morgan fingerprint density at radius 2 is 1.76 bits per heavy atom. The van der Waals surface area contributed by atoms with Gasteiger partial charge in [0.1, 0.15) is 5.82 Å². The molecule has 1 atom stereocenters. The minimum atomic E-state index is -0.321. The van der Waals surface area contributed by atoms with Gasteiger partial charge in [-0.3, -0.25) is 4.79 Å². The molecule has 1 aliphatic heterocycles. The number of rotatable bonds is 4. The van der Waals surface area contributed by atoms with Crippen molar-refractivity contribution in [1.82, 2.24) is 4.90 Å². The van der Waals surface area contributed by atoms with Crippen molar-refractivity contribution in [1.29, 1.82) is 0 Å². The van der Waals surface area contributed by atoms with Crippen LogP contribution in [0.2, 0.25) is 5.02 Å². The number of benzene rings is 2. The summed E-state index contributed by atoms with van der Waals surface area (Å²) in [7, 11) is 0. The molecule has 0 bridgehead atoms. The van der Waals surface area contributed by atoms with Crippen molar-refractivity contribution in [3.63, 3.8) is 0 Å². The van der Waals surface area contributed by atoms with E-state index in [4.69, 9.17) is 11.6 Å². The first-order chi connectivity index (χ1) is 13.8. The van der Waals surface area contributed by atoms with E-state index in [1.165, 1.54) is 12.1 Å². The van der Waals surface area contributed by atoms with Crippen molar-refractivity contribution in [3.05, 3.63) is 58.9 Å². The maximum absolute atomic E-state index is 13.2. The number of piperidine rings is 1. The average Bonchev–Trinajstić information content (AvgIpc) is 2.71. The number of nitrogens with one attached hydrogen (secondary N) is 2. The van der Waals surface area contributed by atoms with E-state index in [0.29, 0.717) is 35.1 Å². The van der Waals surface area contributed by atoms with Gasteiger partial charge in [0.15, 0.2) is 0 Å². The number of amides is 3. The van der Waals surface area contributed by atoms with Crippen molar-refractivity contribution in [2.75, 3.05) is 23.7 Å². The van der Waals surface area contributed by atoms with Gasteiger partial charge in [0, 0.05) is 35.4 Å². The van der Waals surface area contributed by atoms with Gasteiger partial charge in [0.25, 0.3) is 0 Å². The number of hydrogen-bond acceptors (Lipinski definition) is 2. The monoisotopic (exact) mass is 417 g/mol. The minimum absolute atomic E-state index is 0.0798. The summed E-state index contributed by atoms with van der Waals surface area (Å²) in [6.07, 6.45) is 1.51. The number of aryl methyl sites for hydroxylation is 1. The first-order valence-electron chi connectivity index (χ1n) is 9.72. The third-order valence-electron chi connectivity index (χ3n) is 5.49. The molecule has 0 saturated carbocycles. The van der Waals surface area contributed by atoms with Crippen molar-refractivity contribution >= 4 is 34.9 Å². The predicted octanol–water partition coefficient (Wildman–Crippen LogP) is 5.31. The van der Waals surface area contributed by atoms with E-state index < -0.39 is 0 Å². The van der Waals surface area contributed by atoms with Crippen LogP contribution in [-0.4, -0.2) is 29.9 Å². The molecule has 1 fully saturated rings. The number of hydrogen-bond donors (Lipinski definition) is 2. The zero-order chi connectivity index (χ0) is 21.0. The van der Waals surface area contributed by atoms with E-state index in [1.807, 2.05) is 6.92 Å². The lowest BCUT2D eigenvalue weighted by Gasteiger charge is -2.34. The van der Waals surface area contributed by atoms with Crippen LogP contribution in [0.4, 0.5) is 20.6 Å². The topological polar surface area (TPSA) is 61.4 Å². The lowest BCUT2D eigenvalue weighted by Crippen LogP contribution is -2.43. The largest absolute Gasteiger partial charge is 0.326 e. The molecule has 0 spiro atoms. The fourth-order valence-electron chi connectivity index (χ4n) is 3.57. The van der Waals surface area contributed by atoms with Gasteiger partial charge in [-0.25, -0.2) is 9.18 Å². The molecule has 154 valence electrons. The van der Waals surface area contributed by atoms with E-state index in [1.54, 1.807) is 42.2 Å². The Labute approximate surface area is 175 Å². The van der Waals surface area contributed by atoms with Crippen molar-refractivity contribution in [3.8, 4) is 0 Å². The average molecular weight is 418 g/mol. The normalized spacial score (nSPS) is 15.7. The second-order valence-corrected chi connectivity index (χ2v) is 7.94. The summed E-state index contributed by atoms with van der Waals surface area (Å²) >= 11 is 5.86. The molecule has 1 heterocycles. The van der Waals surface area contributed by atoms with Crippen LogP contribution in [0.25, 0.3) is 0 Å². The van der Waals surface area contributed by atoms with E-state index in [2.05, 4.69) is 10.6 Å². The van der Waals surface area contributed by atoms with Gasteiger partial charge in [0.2, 0.25) is 5.91 Å². The molecule has 0 radical (unpaired) electrons. The molecule has 0 aliphatic carbocycles. The number of carbonyl (C=O) groups is 2. The van der Waals surface area contributed by atoms with E-state index in [9.17, 15) is 14.0 Å². The maximum atomic E-state index is 13.2. The van der Waals surface area contributed by atoms with Gasteiger partial charge in [-0.1, -0.05) is 18.5 Å². The summed E-state index contributed by atoms with van der Waals surface area (Å²) in [6, 6.07) is 11.2. The SMILES string of the molecule is Cc1cc(F)ccc1NC(=O)C(C)C1CCN(C(=O)Nc2ccc(Cl)cc2)CC1. The number of carbonyl (C=O) groups excluding carboxylic acids is 2. The Kier molecular flexibility index (Phi) is 6.75. The molecule has 1 aliphatic rings. The highest BCUT2D eigenvalue weighted by Gasteiger charge is 2.30. The van der Waals surface area contributed by atoms with Gasteiger partial charge in [-0.15, -0.1) is 0 Å². The molecule has 1 saturated heterocycles. The van der Waals surface area contributed by atoms with Crippen LogP contribution < -0.4 is 10.6 Å². The van der Waals surface area contributed by atoms with E-state index in [0.717, 1.165) is 12.8 Å². The lowest BCUT2D eigenvalue weighted by molar-refractivity contribution is -0.121. The van der Waals surface area contributed by atoms with Crippen LogP contribution in [0.3, 0.4) is 0 Å². The molecule has 2 N–H and O–H groups in total. The van der Waals surface area contributed by atoms with Crippen LogP contribution in [0.5, 0.6) is 0 Å². The molecule has 3 amide bonds. The fourth-order valence-corrected chi connectivity index (χ4v) is 3.69. The Morgan fingerprint density at radius 1 is 1.10 bits per heavy atom. The summed E-state index contributed by atoms with van der Waals surface area (Å²) in [5, 5.41) is 6.38. The number of likely N-dealkylation sites (tertiary alicyclic amines) is 1. The molecule has 1 unspecified atom stereocenters. The van der Waals surface area contributed by atoms with Crippen LogP contribution in [0.15, 0.2) is 42.5 Å². The Balaban J connectivity index is 1.50. The van der Waals surface area contributed by atoms with Crippen LogP contribution in [0, 0.1) is 24.6 Å². The minimum Gasteiger partial charge on any atom is -0.326 e. The standard InChI is InChI=1S/C22H25ClFN3O2/c1-14-13-18(24)5-8-20(14)26-21(28)15(2)16-9-11-27(12-10-16)22(29)25-19-6-3-17(23)4-7-19/h3-8,13,15-16H,9-12H2,1-2H3,(H,25,29)(H,26,28). The summed E-state index contributed by atoms with van der Waals surface area (Å²) in [4.78, 5) is 26.8. The smallest absolute Gasteiger partial charge is 0.321 e. The molecular weight excluding hydrogens is 393 g/mol. The number of urea groups is 1. The molecule has 7 heteroatoms. The first-order valence-corrected chi connectivity index (χ1v) is 10.1. The van der Waals surface area contributed by atoms with Gasteiger partial charge < -0.3 is 15.5 Å². The van der Waals surface area contributed by atoms with Crippen molar-refractivity contribution < 1.29 is 14.0 Å².